The summed E-state index contributed by atoms with van der Waals surface area (Å²) in [4.78, 5) is 3.21. The Balaban J connectivity index is 2.42. The number of aromatic amines is 1. The molecule has 2 aromatic rings. The quantitative estimate of drug-likeness (QED) is 0.816. The number of para-hydroxylation sites is 1. The number of imidazole rings is 1. The van der Waals surface area contributed by atoms with Crippen molar-refractivity contribution >= 4 is 23.3 Å². The second kappa shape index (κ2) is 6.02. The fourth-order valence-electron chi connectivity index (χ4n) is 1.89. The minimum absolute atomic E-state index is 0.640. The summed E-state index contributed by atoms with van der Waals surface area (Å²) in [5, 5.41) is 0. The number of H-pyrrole nitrogens is 1. The molecule has 0 fully saturated rings. The van der Waals surface area contributed by atoms with Crippen molar-refractivity contribution < 1.29 is 9.47 Å². The lowest BCUT2D eigenvalue weighted by Gasteiger charge is -2.06. The smallest absolute Gasteiger partial charge is 0.178 e. The zero-order chi connectivity index (χ0) is 13.0. The van der Waals surface area contributed by atoms with Crippen molar-refractivity contribution in [1.29, 1.82) is 0 Å². The first kappa shape index (κ1) is 13.1. The number of aromatic nitrogens is 2. The van der Waals surface area contributed by atoms with Gasteiger partial charge in [0, 0.05) is 13.7 Å². The van der Waals surface area contributed by atoms with E-state index in [-0.39, 0.29) is 0 Å². The molecule has 18 heavy (non-hydrogen) atoms. The van der Waals surface area contributed by atoms with Crippen LogP contribution in [0.3, 0.4) is 0 Å². The van der Waals surface area contributed by atoms with Crippen LogP contribution in [0, 0.1) is 4.77 Å². The SMILES string of the molecule is CCCOc1cccc2c1[nH]c(=S)n2CCOC. The van der Waals surface area contributed by atoms with Gasteiger partial charge in [-0.05, 0) is 30.8 Å². The van der Waals surface area contributed by atoms with Crippen LogP contribution in [0.2, 0.25) is 0 Å². The number of nitrogens with one attached hydrogen (secondary N) is 1. The maximum absolute atomic E-state index is 5.72. The highest BCUT2D eigenvalue weighted by molar-refractivity contribution is 7.71. The molecule has 5 heteroatoms. The van der Waals surface area contributed by atoms with Crippen LogP contribution in [-0.2, 0) is 11.3 Å². The minimum Gasteiger partial charge on any atom is -0.491 e. The predicted octanol–water partition coefficient (Wildman–Crippen LogP) is 3.13. The van der Waals surface area contributed by atoms with Gasteiger partial charge in [0.25, 0.3) is 0 Å². The van der Waals surface area contributed by atoms with Crippen LogP contribution in [0.25, 0.3) is 11.0 Å². The Morgan fingerprint density at radius 1 is 1.33 bits per heavy atom. The van der Waals surface area contributed by atoms with E-state index in [1.54, 1.807) is 7.11 Å². The highest BCUT2D eigenvalue weighted by atomic mass is 32.1. The number of nitrogens with zero attached hydrogens (tertiary/aromatic N) is 1. The van der Waals surface area contributed by atoms with Gasteiger partial charge in [-0.3, -0.25) is 0 Å². The van der Waals surface area contributed by atoms with Crippen LogP contribution in [-0.4, -0.2) is 29.9 Å². The van der Waals surface area contributed by atoms with Crippen molar-refractivity contribution in [2.75, 3.05) is 20.3 Å². The van der Waals surface area contributed by atoms with Crippen LogP contribution in [0.4, 0.5) is 0 Å². The Morgan fingerprint density at radius 2 is 2.17 bits per heavy atom. The first-order valence-corrected chi connectivity index (χ1v) is 6.52. The highest BCUT2D eigenvalue weighted by Crippen LogP contribution is 2.25. The summed E-state index contributed by atoms with van der Waals surface area (Å²) in [6.45, 7) is 4.18. The maximum Gasteiger partial charge on any atom is 0.178 e. The van der Waals surface area contributed by atoms with Crippen LogP contribution in [0.1, 0.15) is 13.3 Å². The lowest BCUT2D eigenvalue weighted by Crippen LogP contribution is -2.03. The van der Waals surface area contributed by atoms with Gasteiger partial charge in [0.2, 0.25) is 0 Å². The molecule has 0 amide bonds. The van der Waals surface area contributed by atoms with Gasteiger partial charge in [0.05, 0.1) is 18.7 Å². The Bertz CT molecular complexity index is 574. The van der Waals surface area contributed by atoms with Crippen LogP contribution in [0.5, 0.6) is 5.75 Å². The fraction of sp³-hybridized carbons (Fsp3) is 0.462. The van der Waals surface area contributed by atoms with Crippen molar-refractivity contribution in [3.63, 3.8) is 0 Å². The molecule has 0 aliphatic rings. The van der Waals surface area contributed by atoms with E-state index < -0.39 is 0 Å². The molecule has 4 nitrogen and oxygen atoms in total. The number of methoxy groups -OCH3 is 1. The van der Waals surface area contributed by atoms with Crippen molar-refractivity contribution in [3.8, 4) is 5.75 Å². The molecule has 0 saturated carbocycles. The molecule has 98 valence electrons. The molecule has 0 atom stereocenters. The topological polar surface area (TPSA) is 39.2 Å². The molecule has 0 aliphatic carbocycles. The number of hydrogen-bond acceptors (Lipinski definition) is 3. The third-order valence-electron chi connectivity index (χ3n) is 2.75. The van der Waals surface area contributed by atoms with E-state index in [0.717, 1.165) is 29.7 Å². The van der Waals surface area contributed by atoms with Crippen LogP contribution < -0.4 is 4.74 Å². The number of hydrogen-bond donors (Lipinski definition) is 1. The molecule has 0 radical (unpaired) electrons. The van der Waals surface area contributed by atoms with E-state index >= 15 is 0 Å². The number of benzene rings is 1. The molecule has 0 bridgehead atoms. The van der Waals surface area contributed by atoms with Gasteiger partial charge in [-0.2, -0.15) is 0 Å². The lowest BCUT2D eigenvalue weighted by molar-refractivity contribution is 0.188. The van der Waals surface area contributed by atoms with Crippen molar-refractivity contribution in [1.82, 2.24) is 9.55 Å². The molecule has 1 aromatic carbocycles. The summed E-state index contributed by atoms with van der Waals surface area (Å²) in [6, 6.07) is 5.99. The fourth-order valence-corrected chi connectivity index (χ4v) is 2.18. The van der Waals surface area contributed by atoms with Gasteiger partial charge in [0.15, 0.2) is 4.77 Å². The second-order valence-corrected chi connectivity index (χ2v) is 4.46. The molecular formula is C13H18N2O2S. The molecule has 0 aliphatic heterocycles. The first-order valence-electron chi connectivity index (χ1n) is 6.11. The van der Waals surface area contributed by atoms with Crippen molar-refractivity contribution in [2.24, 2.45) is 0 Å². The highest BCUT2D eigenvalue weighted by Gasteiger charge is 2.08. The standard InChI is InChI=1S/C13H18N2O2S/c1-3-8-17-11-6-4-5-10-12(11)14-13(18)15(10)7-9-16-2/h4-6H,3,7-9H2,1-2H3,(H,14,18). The number of ether oxygens (including phenoxy) is 2. The summed E-state index contributed by atoms with van der Waals surface area (Å²) in [6.07, 6.45) is 0.988. The van der Waals surface area contributed by atoms with Crippen molar-refractivity contribution in [3.05, 3.63) is 23.0 Å². The molecule has 1 heterocycles. The van der Waals surface area contributed by atoms with E-state index in [0.29, 0.717) is 18.0 Å². The number of fused-ring (bicyclic) bond motifs is 1. The first-order chi connectivity index (χ1) is 8.77. The molecular weight excluding hydrogens is 248 g/mol. The van der Waals surface area contributed by atoms with Gasteiger partial charge in [-0.25, -0.2) is 0 Å². The Labute approximate surface area is 112 Å². The largest absolute Gasteiger partial charge is 0.491 e. The van der Waals surface area contributed by atoms with Crippen molar-refractivity contribution in [2.45, 2.75) is 19.9 Å². The van der Waals surface area contributed by atoms with E-state index in [1.165, 1.54) is 0 Å². The zero-order valence-electron chi connectivity index (χ0n) is 10.7. The van der Waals surface area contributed by atoms with Crippen LogP contribution in [0.15, 0.2) is 18.2 Å². The van der Waals surface area contributed by atoms with E-state index in [9.17, 15) is 0 Å². The average Bonchev–Trinajstić information content (AvgIpc) is 2.70. The molecule has 2 rings (SSSR count). The van der Waals surface area contributed by atoms with Gasteiger partial charge >= 0.3 is 0 Å². The molecule has 0 saturated heterocycles. The van der Waals surface area contributed by atoms with Gasteiger partial charge < -0.3 is 19.0 Å². The summed E-state index contributed by atoms with van der Waals surface area (Å²) in [5.74, 6) is 0.858. The zero-order valence-corrected chi connectivity index (χ0v) is 11.5. The Kier molecular flexibility index (Phi) is 4.38. The number of rotatable bonds is 6. The van der Waals surface area contributed by atoms with E-state index in [1.807, 2.05) is 22.8 Å². The van der Waals surface area contributed by atoms with E-state index in [2.05, 4.69) is 11.9 Å². The second-order valence-electron chi connectivity index (χ2n) is 4.07. The molecule has 1 aromatic heterocycles. The summed E-state index contributed by atoms with van der Waals surface area (Å²) in [7, 11) is 1.69. The summed E-state index contributed by atoms with van der Waals surface area (Å²) >= 11 is 5.33. The maximum atomic E-state index is 5.72. The Morgan fingerprint density at radius 3 is 2.89 bits per heavy atom. The predicted molar refractivity (Wildman–Crippen MR) is 74.8 cm³/mol. The normalized spacial score (nSPS) is 11.0. The molecule has 1 N–H and O–H groups in total. The monoisotopic (exact) mass is 266 g/mol. The average molecular weight is 266 g/mol. The Hall–Kier alpha value is -1.33. The third kappa shape index (κ3) is 2.57. The molecule has 0 unspecified atom stereocenters. The van der Waals surface area contributed by atoms with Gasteiger partial charge in [0.1, 0.15) is 11.3 Å². The van der Waals surface area contributed by atoms with Gasteiger partial charge in [-0.1, -0.05) is 13.0 Å². The third-order valence-corrected chi connectivity index (χ3v) is 3.08. The van der Waals surface area contributed by atoms with E-state index in [4.69, 9.17) is 21.7 Å². The van der Waals surface area contributed by atoms with Crippen LogP contribution >= 0.6 is 12.2 Å². The molecule has 0 spiro atoms. The minimum atomic E-state index is 0.640. The van der Waals surface area contributed by atoms with Gasteiger partial charge in [-0.15, -0.1) is 0 Å². The summed E-state index contributed by atoms with van der Waals surface area (Å²) in [5.41, 5.74) is 2.03. The summed E-state index contributed by atoms with van der Waals surface area (Å²) < 4.78 is 13.6. The lowest BCUT2D eigenvalue weighted by atomic mass is 10.3.